The van der Waals surface area contributed by atoms with Crippen LogP contribution in [0.15, 0.2) is 29.3 Å². The average Bonchev–Trinajstić information content (AvgIpc) is 2.30. The summed E-state index contributed by atoms with van der Waals surface area (Å²) in [5, 5.41) is 0. The van der Waals surface area contributed by atoms with Crippen LogP contribution >= 0.6 is 0 Å². The number of nitrogens with zero attached hydrogens (tertiary/aromatic N) is 1. The van der Waals surface area contributed by atoms with Crippen LogP contribution in [0.2, 0.25) is 0 Å². The largest absolute Gasteiger partial charge is 0.497 e. The van der Waals surface area contributed by atoms with E-state index in [9.17, 15) is 0 Å². The quantitative estimate of drug-likeness (QED) is 0.514. The molecule has 0 N–H and O–H groups in total. The molecule has 1 aromatic carbocycles. The van der Waals surface area contributed by atoms with Gasteiger partial charge in [-0.3, -0.25) is 4.99 Å². The first-order valence-corrected chi connectivity index (χ1v) is 5.94. The molecule has 0 saturated heterocycles. The SMILES string of the molecule is CCCCCC(C)=Nc1ccc(OC)cc1. The summed E-state index contributed by atoms with van der Waals surface area (Å²) >= 11 is 0. The highest BCUT2D eigenvalue weighted by Gasteiger charge is 1.95. The first-order chi connectivity index (χ1) is 7.76. The summed E-state index contributed by atoms with van der Waals surface area (Å²) in [5.74, 6) is 0.877. The molecule has 1 rings (SSSR count). The molecular formula is C14H21NO. The molecular weight excluding hydrogens is 198 g/mol. The summed E-state index contributed by atoms with van der Waals surface area (Å²) in [6.07, 6.45) is 4.88. The van der Waals surface area contributed by atoms with Gasteiger partial charge in [0.2, 0.25) is 0 Å². The lowest BCUT2D eigenvalue weighted by atomic mass is 10.1. The van der Waals surface area contributed by atoms with Crippen LogP contribution in [-0.4, -0.2) is 12.8 Å². The van der Waals surface area contributed by atoms with Crippen molar-refractivity contribution in [3.8, 4) is 5.75 Å². The minimum absolute atomic E-state index is 0.877. The van der Waals surface area contributed by atoms with Crippen molar-refractivity contribution in [1.82, 2.24) is 0 Å². The van der Waals surface area contributed by atoms with Crippen molar-refractivity contribution in [2.24, 2.45) is 4.99 Å². The maximum atomic E-state index is 5.11. The van der Waals surface area contributed by atoms with Crippen molar-refractivity contribution in [3.05, 3.63) is 24.3 Å². The molecule has 0 atom stereocenters. The highest BCUT2D eigenvalue weighted by Crippen LogP contribution is 2.18. The normalized spacial score (nSPS) is 11.6. The molecule has 88 valence electrons. The van der Waals surface area contributed by atoms with Crippen molar-refractivity contribution in [2.75, 3.05) is 7.11 Å². The smallest absolute Gasteiger partial charge is 0.119 e. The number of benzene rings is 1. The Morgan fingerprint density at radius 3 is 2.44 bits per heavy atom. The Hall–Kier alpha value is -1.31. The molecule has 2 heteroatoms. The first kappa shape index (κ1) is 12.8. The van der Waals surface area contributed by atoms with Gasteiger partial charge in [-0.05, 0) is 44.0 Å². The summed E-state index contributed by atoms with van der Waals surface area (Å²) in [6.45, 7) is 4.32. The van der Waals surface area contributed by atoms with Gasteiger partial charge in [0, 0.05) is 5.71 Å². The van der Waals surface area contributed by atoms with Crippen LogP contribution < -0.4 is 4.74 Å². The van der Waals surface area contributed by atoms with Crippen molar-refractivity contribution in [1.29, 1.82) is 0 Å². The monoisotopic (exact) mass is 219 g/mol. The third-order valence-corrected chi connectivity index (χ3v) is 2.53. The van der Waals surface area contributed by atoms with E-state index in [2.05, 4.69) is 18.8 Å². The number of rotatable bonds is 6. The van der Waals surface area contributed by atoms with Gasteiger partial charge in [0.05, 0.1) is 12.8 Å². The summed E-state index contributed by atoms with van der Waals surface area (Å²) in [7, 11) is 1.67. The Labute approximate surface area is 98.4 Å². The highest BCUT2D eigenvalue weighted by molar-refractivity contribution is 5.84. The van der Waals surface area contributed by atoms with E-state index < -0.39 is 0 Å². The predicted octanol–water partition coefficient (Wildman–Crippen LogP) is 4.37. The van der Waals surface area contributed by atoms with Gasteiger partial charge in [-0.2, -0.15) is 0 Å². The molecule has 0 unspecified atom stereocenters. The van der Waals surface area contributed by atoms with Gasteiger partial charge in [0.15, 0.2) is 0 Å². The summed E-state index contributed by atoms with van der Waals surface area (Å²) in [6, 6.07) is 7.86. The average molecular weight is 219 g/mol. The Balaban J connectivity index is 2.52. The topological polar surface area (TPSA) is 21.6 Å². The van der Waals surface area contributed by atoms with E-state index in [1.807, 2.05) is 24.3 Å². The molecule has 0 bridgehead atoms. The van der Waals surface area contributed by atoms with Crippen LogP contribution in [0.25, 0.3) is 0 Å². The molecule has 16 heavy (non-hydrogen) atoms. The molecule has 0 radical (unpaired) electrons. The first-order valence-electron chi connectivity index (χ1n) is 5.94. The lowest BCUT2D eigenvalue weighted by Crippen LogP contribution is -1.90. The molecule has 0 aliphatic carbocycles. The maximum Gasteiger partial charge on any atom is 0.119 e. The number of hydrogen-bond acceptors (Lipinski definition) is 2. The fourth-order valence-electron chi connectivity index (χ4n) is 1.56. The van der Waals surface area contributed by atoms with Gasteiger partial charge in [-0.25, -0.2) is 0 Å². The Bertz CT molecular complexity index is 327. The number of aliphatic imine (C=N–C) groups is 1. The van der Waals surface area contributed by atoms with Crippen LogP contribution in [0.1, 0.15) is 39.5 Å². The maximum absolute atomic E-state index is 5.11. The van der Waals surface area contributed by atoms with Gasteiger partial charge in [0.25, 0.3) is 0 Å². The number of ether oxygens (including phenoxy) is 1. The van der Waals surface area contributed by atoms with E-state index in [1.165, 1.54) is 25.0 Å². The third-order valence-electron chi connectivity index (χ3n) is 2.53. The van der Waals surface area contributed by atoms with Gasteiger partial charge >= 0.3 is 0 Å². The molecule has 0 aliphatic rings. The second-order valence-electron chi connectivity index (χ2n) is 4.00. The molecule has 0 amide bonds. The second-order valence-corrected chi connectivity index (χ2v) is 4.00. The van der Waals surface area contributed by atoms with Crippen LogP contribution in [0.3, 0.4) is 0 Å². The Morgan fingerprint density at radius 1 is 1.19 bits per heavy atom. The summed E-state index contributed by atoms with van der Waals surface area (Å²) in [4.78, 5) is 4.57. The molecule has 0 aromatic heterocycles. The zero-order chi connectivity index (χ0) is 11.8. The Morgan fingerprint density at radius 2 is 1.88 bits per heavy atom. The van der Waals surface area contributed by atoms with E-state index in [4.69, 9.17) is 4.74 Å². The highest BCUT2D eigenvalue weighted by atomic mass is 16.5. The molecule has 1 aromatic rings. The van der Waals surface area contributed by atoms with Crippen LogP contribution in [0.5, 0.6) is 5.75 Å². The van der Waals surface area contributed by atoms with Crippen LogP contribution in [0, 0.1) is 0 Å². The lowest BCUT2D eigenvalue weighted by Gasteiger charge is -2.02. The molecule has 0 spiro atoms. The van der Waals surface area contributed by atoms with Crippen molar-refractivity contribution in [3.63, 3.8) is 0 Å². The van der Waals surface area contributed by atoms with E-state index in [-0.39, 0.29) is 0 Å². The van der Waals surface area contributed by atoms with Crippen molar-refractivity contribution < 1.29 is 4.74 Å². The van der Waals surface area contributed by atoms with Gasteiger partial charge in [0.1, 0.15) is 5.75 Å². The minimum Gasteiger partial charge on any atom is -0.497 e. The van der Waals surface area contributed by atoms with E-state index in [0.29, 0.717) is 0 Å². The predicted molar refractivity (Wildman–Crippen MR) is 69.9 cm³/mol. The van der Waals surface area contributed by atoms with Gasteiger partial charge in [-0.15, -0.1) is 0 Å². The standard InChI is InChI=1S/C14H21NO/c1-4-5-6-7-12(2)15-13-8-10-14(16-3)11-9-13/h8-11H,4-7H2,1-3H3. The van der Waals surface area contributed by atoms with Crippen molar-refractivity contribution >= 4 is 11.4 Å². The van der Waals surface area contributed by atoms with Gasteiger partial charge in [-0.1, -0.05) is 19.8 Å². The second kappa shape index (κ2) is 7.04. The lowest BCUT2D eigenvalue weighted by molar-refractivity contribution is 0.415. The molecule has 0 heterocycles. The zero-order valence-electron chi connectivity index (χ0n) is 10.5. The fourth-order valence-corrected chi connectivity index (χ4v) is 1.56. The van der Waals surface area contributed by atoms with Crippen LogP contribution in [-0.2, 0) is 0 Å². The summed E-state index contributed by atoms with van der Waals surface area (Å²) < 4.78 is 5.11. The number of hydrogen-bond donors (Lipinski definition) is 0. The van der Waals surface area contributed by atoms with Crippen molar-refractivity contribution in [2.45, 2.75) is 39.5 Å². The Kier molecular flexibility index (Phi) is 5.62. The number of unbranched alkanes of at least 4 members (excludes halogenated alkanes) is 2. The zero-order valence-corrected chi connectivity index (χ0v) is 10.5. The van der Waals surface area contributed by atoms with E-state index in [0.717, 1.165) is 17.9 Å². The van der Waals surface area contributed by atoms with Gasteiger partial charge < -0.3 is 4.74 Å². The van der Waals surface area contributed by atoms with Crippen LogP contribution in [0.4, 0.5) is 5.69 Å². The van der Waals surface area contributed by atoms with E-state index >= 15 is 0 Å². The third kappa shape index (κ3) is 4.47. The molecule has 0 saturated carbocycles. The van der Waals surface area contributed by atoms with E-state index in [1.54, 1.807) is 7.11 Å². The number of methoxy groups -OCH3 is 1. The minimum atomic E-state index is 0.877. The fraction of sp³-hybridized carbons (Fsp3) is 0.500. The molecule has 2 nitrogen and oxygen atoms in total. The molecule has 0 aliphatic heterocycles. The summed E-state index contributed by atoms with van der Waals surface area (Å²) in [5.41, 5.74) is 2.22. The molecule has 0 fully saturated rings.